The van der Waals surface area contributed by atoms with E-state index in [0.29, 0.717) is 32.0 Å². The van der Waals surface area contributed by atoms with Crippen LogP contribution in [0.5, 0.6) is 0 Å². The minimum Gasteiger partial charge on any atom is -0.353 e. The third-order valence-electron chi connectivity index (χ3n) is 4.67. The molecule has 2 heterocycles. The summed E-state index contributed by atoms with van der Waals surface area (Å²) in [7, 11) is 1.59. The van der Waals surface area contributed by atoms with E-state index in [1.807, 2.05) is 4.90 Å². The second-order valence-corrected chi connectivity index (χ2v) is 7.32. The quantitative estimate of drug-likeness (QED) is 0.773. The van der Waals surface area contributed by atoms with Crippen LogP contribution in [0.4, 0.5) is 19.0 Å². The van der Waals surface area contributed by atoms with Gasteiger partial charge in [0.1, 0.15) is 11.4 Å². The Morgan fingerprint density at radius 2 is 1.93 bits per heavy atom. The van der Waals surface area contributed by atoms with Gasteiger partial charge in [-0.3, -0.25) is 9.69 Å². The fourth-order valence-electron chi connectivity index (χ4n) is 2.62. The molecule has 0 N–H and O–H groups in total. The highest BCUT2D eigenvalue weighted by atomic mass is 35.5. The minimum absolute atomic E-state index is 0.0511. The van der Waals surface area contributed by atoms with Crippen LogP contribution in [-0.4, -0.2) is 66.0 Å². The van der Waals surface area contributed by atoms with Crippen molar-refractivity contribution in [3.63, 3.8) is 0 Å². The summed E-state index contributed by atoms with van der Waals surface area (Å²) in [4.78, 5) is 21.3. The molecule has 0 unspecified atom stereocenters. The van der Waals surface area contributed by atoms with E-state index in [1.54, 1.807) is 25.8 Å². The standard InChI is InChI=1S/C17H21ClF3N5O/c1-16(2,11-22)24(3)14(27)10-25-4-6-26(7-5-25)15-13(18)8-12(9-23-15)17(19,20)21/h8-9H,4-7,10H2,1-3H3. The van der Waals surface area contributed by atoms with Gasteiger partial charge in [-0.05, 0) is 19.9 Å². The number of likely N-dealkylation sites (N-methyl/N-ethyl adjacent to an activating group) is 1. The number of carbonyl (C=O) groups excluding carboxylic acids is 1. The van der Waals surface area contributed by atoms with Crippen molar-refractivity contribution in [2.45, 2.75) is 25.6 Å². The van der Waals surface area contributed by atoms with E-state index in [9.17, 15) is 18.0 Å². The largest absolute Gasteiger partial charge is 0.417 e. The maximum Gasteiger partial charge on any atom is 0.417 e. The number of anilines is 1. The number of halogens is 4. The Bertz CT molecular complexity index is 739. The molecule has 0 bridgehead atoms. The Morgan fingerprint density at radius 3 is 2.41 bits per heavy atom. The number of alkyl halides is 3. The molecule has 6 nitrogen and oxygen atoms in total. The Morgan fingerprint density at radius 1 is 1.33 bits per heavy atom. The molecular weight excluding hydrogens is 383 g/mol. The van der Waals surface area contributed by atoms with Crippen LogP contribution in [0.25, 0.3) is 0 Å². The smallest absolute Gasteiger partial charge is 0.353 e. The molecule has 1 aromatic rings. The van der Waals surface area contributed by atoms with E-state index >= 15 is 0 Å². The normalized spacial score (nSPS) is 16.1. The molecule has 1 aliphatic heterocycles. The van der Waals surface area contributed by atoms with Crippen molar-refractivity contribution < 1.29 is 18.0 Å². The number of nitriles is 1. The molecule has 2 rings (SSSR count). The van der Waals surface area contributed by atoms with Gasteiger partial charge in [0.15, 0.2) is 0 Å². The van der Waals surface area contributed by atoms with Gasteiger partial charge in [-0.25, -0.2) is 4.98 Å². The van der Waals surface area contributed by atoms with E-state index in [-0.39, 0.29) is 17.5 Å². The zero-order valence-electron chi connectivity index (χ0n) is 15.3. The molecule has 27 heavy (non-hydrogen) atoms. The molecule has 0 spiro atoms. The van der Waals surface area contributed by atoms with Crippen LogP contribution in [0.15, 0.2) is 12.3 Å². The number of carbonyl (C=O) groups is 1. The zero-order chi connectivity index (χ0) is 20.4. The summed E-state index contributed by atoms with van der Waals surface area (Å²) in [6, 6.07) is 2.96. The molecule has 1 saturated heterocycles. The lowest BCUT2D eigenvalue weighted by molar-refractivity contribution is -0.138. The highest BCUT2D eigenvalue weighted by molar-refractivity contribution is 6.33. The van der Waals surface area contributed by atoms with Crippen LogP contribution in [0, 0.1) is 11.3 Å². The fourth-order valence-corrected chi connectivity index (χ4v) is 2.91. The molecule has 1 aliphatic rings. The highest BCUT2D eigenvalue weighted by Crippen LogP contribution is 2.33. The maximum atomic E-state index is 12.7. The number of amides is 1. The predicted molar refractivity (Wildman–Crippen MR) is 95.4 cm³/mol. The molecule has 0 radical (unpaired) electrons. The number of aromatic nitrogens is 1. The average molecular weight is 404 g/mol. The Hall–Kier alpha value is -2.05. The number of nitrogens with zero attached hydrogens (tertiary/aromatic N) is 5. The second kappa shape index (κ2) is 7.90. The lowest BCUT2D eigenvalue weighted by Crippen LogP contribution is -2.52. The summed E-state index contributed by atoms with van der Waals surface area (Å²) < 4.78 is 38.1. The topological polar surface area (TPSA) is 63.5 Å². The summed E-state index contributed by atoms with van der Waals surface area (Å²) in [5.41, 5.74) is -1.78. The van der Waals surface area contributed by atoms with Crippen LogP contribution >= 0.6 is 11.6 Å². The fraction of sp³-hybridized carbons (Fsp3) is 0.588. The Kier molecular flexibility index (Phi) is 6.22. The molecule has 1 amide bonds. The molecule has 10 heteroatoms. The van der Waals surface area contributed by atoms with Crippen molar-refractivity contribution in [3.05, 3.63) is 22.8 Å². The molecular formula is C17H21ClF3N5O. The van der Waals surface area contributed by atoms with E-state index in [1.165, 1.54) is 4.90 Å². The summed E-state index contributed by atoms with van der Waals surface area (Å²) in [5, 5.41) is 9.07. The second-order valence-electron chi connectivity index (χ2n) is 6.91. The van der Waals surface area contributed by atoms with Gasteiger partial charge in [-0.2, -0.15) is 18.4 Å². The van der Waals surface area contributed by atoms with Crippen LogP contribution in [-0.2, 0) is 11.0 Å². The van der Waals surface area contributed by atoms with Crippen molar-refractivity contribution in [3.8, 4) is 6.07 Å². The predicted octanol–water partition coefficient (Wildman–Crippen LogP) is 2.64. The first kappa shape index (κ1) is 21.3. The van der Waals surface area contributed by atoms with Crippen molar-refractivity contribution in [1.82, 2.24) is 14.8 Å². The molecule has 1 aromatic heterocycles. The summed E-state index contributed by atoms with van der Waals surface area (Å²) >= 11 is 5.99. The number of pyridine rings is 1. The van der Waals surface area contributed by atoms with E-state index in [0.717, 1.165) is 12.3 Å². The lowest BCUT2D eigenvalue weighted by atomic mass is 10.1. The summed E-state index contributed by atoms with van der Waals surface area (Å²) in [5.74, 6) is 0.138. The third kappa shape index (κ3) is 5.02. The van der Waals surface area contributed by atoms with Crippen molar-refractivity contribution in [2.75, 3.05) is 44.7 Å². The first-order valence-electron chi connectivity index (χ1n) is 8.33. The van der Waals surface area contributed by atoms with Gasteiger partial charge in [-0.15, -0.1) is 0 Å². The lowest BCUT2D eigenvalue weighted by Gasteiger charge is -2.37. The van der Waals surface area contributed by atoms with Crippen molar-refractivity contribution in [1.29, 1.82) is 5.26 Å². The van der Waals surface area contributed by atoms with Crippen LogP contribution in [0.2, 0.25) is 5.02 Å². The van der Waals surface area contributed by atoms with Crippen molar-refractivity contribution in [2.24, 2.45) is 0 Å². The monoisotopic (exact) mass is 403 g/mol. The van der Waals surface area contributed by atoms with Crippen LogP contribution < -0.4 is 4.90 Å². The van der Waals surface area contributed by atoms with E-state index in [2.05, 4.69) is 11.1 Å². The number of piperazine rings is 1. The number of rotatable bonds is 4. The van der Waals surface area contributed by atoms with Gasteiger partial charge in [0.2, 0.25) is 5.91 Å². The maximum absolute atomic E-state index is 12.7. The molecule has 0 aliphatic carbocycles. The zero-order valence-corrected chi connectivity index (χ0v) is 16.1. The average Bonchev–Trinajstić information content (AvgIpc) is 2.61. The number of hydrogen-bond acceptors (Lipinski definition) is 5. The van der Waals surface area contributed by atoms with E-state index in [4.69, 9.17) is 16.9 Å². The van der Waals surface area contributed by atoms with E-state index < -0.39 is 17.3 Å². The molecule has 0 aromatic carbocycles. The SMILES string of the molecule is CN(C(=O)CN1CCN(c2ncc(C(F)(F)F)cc2Cl)CC1)C(C)(C)C#N. The highest BCUT2D eigenvalue weighted by Gasteiger charge is 2.33. The Balaban J connectivity index is 1.96. The third-order valence-corrected chi connectivity index (χ3v) is 4.94. The summed E-state index contributed by atoms with van der Waals surface area (Å²) in [6.07, 6.45) is -3.71. The van der Waals surface area contributed by atoms with Gasteiger partial charge >= 0.3 is 6.18 Å². The van der Waals surface area contributed by atoms with Gasteiger partial charge in [0.05, 0.1) is 23.2 Å². The minimum atomic E-state index is -4.49. The molecule has 1 fully saturated rings. The first-order chi connectivity index (χ1) is 12.5. The molecule has 0 saturated carbocycles. The van der Waals surface area contributed by atoms with Gasteiger partial charge in [0.25, 0.3) is 0 Å². The number of hydrogen-bond donors (Lipinski definition) is 0. The first-order valence-corrected chi connectivity index (χ1v) is 8.71. The van der Waals surface area contributed by atoms with Gasteiger partial charge in [-0.1, -0.05) is 11.6 Å². The summed E-state index contributed by atoms with van der Waals surface area (Å²) in [6.45, 7) is 5.54. The van der Waals surface area contributed by atoms with Crippen LogP contribution in [0.3, 0.4) is 0 Å². The van der Waals surface area contributed by atoms with Crippen LogP contribution in [0.1, 0.15) is 19.4 Å². The molecule has 0 atom stereocenters. The van der Waals surface area contributed by atoms with Gasteiger partial charge in [0, 0.05) is 39.4 Å². The molecule has 148 valence electrons. The van der Waals surface area contributed by atoms with Gasteiger partial charge < -0.3 is 9.80 Å². The Labute approximate surface area is 161 Å². The van der Waals surface area contributed by atoms with Crippen molar-refractivity contribution >= 4 is 23.3 Å².